The van der Waals surface area contributed by atoms with Crippen molar-refractivity contribution in [2.75, 3.05) is 12.4 Å². The van der Waals surface area contributed by atoms with E-state index in [0.717, 1.165) is 16.6 Å². The number of aromatic nitrogens is 1. The Hall–Kier alpha value is -1.28. The molecule has 72 valence electrons. The Morgan fingerprint density at radius 1 is 1.29 bits per heavy atom. The van der Waals surface area contributed by atoms with E-state index in [9.17, 15) is 0 Å². The van der Waals surface area contributed by atoms with E-state index in [1.807, 2.05) is 25.2 Å². The fraction of sp³-hybridized carbons (Fsp3) is 0.182. The van der Waals surface area contributed by atoms with E-state index in [2.05, 4.69) is 17.2 Å². The molecule has 1 heterocycles. The standard InChI is InChI=1S/C11H11ClN2/c1-7-5-6-14-11-8(12)3-4-9(13-2)10(7)11/h3-6,13H,1-2H3. The normalized spacial score (nSPS) is 10.5. The van der Waals surface area contributed by atoms with Gasteiger partial charge in [0.15, 0.2) is 0 Å². The molecule has 0 bridgehead atoms. The SMILES string of the molecule is CNc1ccc(Cl)c2nccc(C)c12. The van der Waals surface area contributed by atoms with E-state index in [4.69, 9.17) is 11.6 Å². The van der Waals surface area contributed by atoms with Crippen LogP contribution in [-0.4, -0.2) is 12.0 Å². The zero-order chi connectivity index (χ0) is 10.1. The second-order valence-corrected chi connectivity index (χ2v) is 3.60. The molecule has 3 heteroatoms. The minimum atomic E-state index is 0.697. The van der Waals surface area contributed by atoms with E-state index in [1.165, 1.54) is 5.56 Å². The summed E-state index contributed by atoms with van der Waals surface area (Å²) < 4.78 is 0. The second-order valence-electron chi connectivity index (χ2n) is 3.20. The van der Waals surface area contributed by atoms with Gasteiger partial charge in [-0.3, -0.25) is 4.98 Å². The molecule has 0 saturated carbocycles. The van der Waals surface area contributed by atoms with Gasteiger partial charge in [-0.25, -0.2) is 0 Å². The molecular formula is C11H11ClN2. The highest BCUT2D eigenvalue weighted by molar-refractivity contribution is 6.35. The van der Waals surface area contributed by atoms with Gasteiger partial charge in [-0.2, -0.15) is 0 Å². The highest BCUT2D eigenvalue weighted by Crippen LogP contribution is 2.30. The highest BCUT2D eigenvalue weighted by Gasteiger charge is 2.06. The summed E-state index contributed by atoms with van der Waals surface area (Å²) >= 11 is 6.07. The minimum Gasteiger partial charge on any atom is -0.388 e. The van der Waals surface area contributed by atoms with Crippen LogP contribution < -0.4 is 5.32 Å². The Labute approximate surface area is 87.9 Å². The van der Waals surface area contributed by atoms with Gasteiger partial charge in [0.1, 0.15) is 0 Å². The first-order valence-corrected chi connectivity index (χ1v) is 4.83. The smallest absolute Gasteiger partial charge is 0.0911 e. The summed E-state index contributed by atoms with van der Waals surface area (Å²) in [7, 11) is 1.90. The predicted molar refractivity (Wildman–Crippen MR) is 61.0 cm³/mol. The van der Waals surface area contributed by atoms with E-state index < -0.39 is 0 Å². The number of hydrogen-bond acceptors (Lipinski definition) is 2. The first kappa shape index (κ1) is 9.28. The molecule has 14 heavy (non-hydrogen) atoms. The first-order valence-electron chi connectivity index (χ1n) is 4.45. The highest BCUT2D eigenvalue weighted by atomic mass is 35.5. The Balaban J connectivity index is 2.92. The monoisotopic (exact) mass is 206 g/mol. The number of benzene rings is 1. The van der Waals surface area contributed by atoms with E-state index in [0.29, 0.717) is 5.02 Å². The van der Waals surface area contributed by atoms with Crippen molar-refractivity contribution in [2.45, 2.75) is 6.92 Å². The quantitative estimate of drug-likeness (QED) is 0.775. The van der Waals surface area contributed by atoms with Crippen LogP contribution in [-0.2, 0) is 0 Å². The summed E-state index contributed by atoms with van der Waals surface area (Å²) in [6.07, 6.45) is 1.78. The molecule has 0 aliphatic rings. The maximum Gasteiger partial charge on any atom is 0.0911 e. The van der Waals surface area contributed by atoms with Crippen LogP contribution in [0.15, 0.2) is 24.4 Å². The number of halogens is 1. The number of aryl methyl sites for hydroxylation is 1. The third-order valence-corrected chi connectivity index (χ3v) is 2.63. The summed E-state index contributed by atoms with van der Waals surface area (Å²) in [5, 5.41) is 4.94. The molecule has 2 aromatic rings. The van der Waals surface area contributed by atoms with Gasteiger partial charge >= 0.3 is 0 Å². The van der Waals surface area contributed by atoms with E-state index in [-0.39, 0.29) is 0 Å². The number of fused-ring (bicyclic) bond motifs is 1. The largest absolute Gasteiger partial charge is 0.388 e. The van der Waals surface area contributed by atoms with Crippen LogP contribution >= 0.6 is 11.6 Å². The topological polar surface area (TPSA) is 24.9 Å². The Bertz CT molecular complexity index is 480. The summed E-state index contributed by atoms with van der Waals surface area (Å²) in [6.45, 7) is 2.06. The third-order valence-electron chi connectivity index (χ3n) is 2.32. The zero-order valence-electron chi connectivity index (χ0n) is 8.13. The molecule has 0 spiro atoms. The second kappa shape index (κ2) is 3.46. The lowest BCUT2D eigenvalue weighted by atomic mass is 10.1. The van der Waals surface area contributed by atoms with Gasteiger partial charge < -0.3 is 5.32 Å². The molecule has 0 fully saturated rings. The van der Waals surface area contributed by atoms with Crippen molar-refractivity contribution in [2.24, 2.45) is 0 Å². The molecular weight excluding hydrogens is 196 g/mol. The molecule has 0 saturated heterocycles. The van der Waals surface area contributed by atoms with Crippen LogP contribution in [0.4, 0.5) is 5.69 Å². The molecule has 1 aromatic carbocycles. The maximum atomic E-state index is 6.07. The molecule has 0 unspecified atom stereocenters. The van der Waals surface area contributed by atoms with Crippen molar-refractivity contribution < 1.29 is 0 Å². The summed E-state index contributed by atoms with van der Waals surface area (Å²) in [5.74, 6) is 0. The summed E-state index contributed by atoms with van der Waals surface area (Å²) in [4.78, 5) is 4.28. The molecule has 0 atom stereocenters. The average Bonchev–Trinajstić information content (AvgIpc) is 2.20. The van der Waals surface area contributed by atoms with Gasteiger partial charge in [-0.05, 0) is 30.7 Å². The van der Waals surface area contributed by atoms with E-state index in [1.54, 1.807) is 6.20 Å². The van der Waals surface area contributed by atoms with Gasteiger partial charge in [0.2, 0.25) is 0 Å². The molecule has 1 N–H and O–H groups in total. The summed E-state index contributed by atoms with van der Waals surface area (Å²) in [5.41, 5.74) is 3.11. The number of rotatable bonds is 1. The van der Waals surface area contributed by atoms with Crippen LogP contribution in [0.1, 0.15) is 5.56 Å². The van der Waals surface area contributed by atoms with Crippen molar-refractivity contribution in [3.63, 3.8) is 0 Å². The van der Waals surface area contributed by atoms with Gasteiger partial charge in [0.25, 0.3) is 0 Å². The number of hydrogen-bond donors (Lipinski definition) is 1. The molecule has 0 amide bonds. The molecule has 2 nitrogen and oxygen atoms in total. The van der Waals surface area contributed by atoms with Gasteiger partial charge in [0.05, 0.1) is 10.5 Å². The zero-order valence-corrected chi connectivity index (χ0v) is 8.89. The van der Waals surface area contributed by atoms with Crippen molar-refractivity contribution in [1.82, 2.24) is 4.98 Å². The van der Waals surface area contributed by atoms with Crippen LogP contribution in [0.3, 0.4) is 0 Å². The Kier molecular flexibility index (Phi) is 2.30. The van der Waals surface area contributed by atoms with Crippen LogP contribution in [0.5, 0.6) is 0 Å². The lowest BCUT2D eigenvalue weighted by Crippen LogP contribution is -1.92. The first-order chi connectivity index (χ1) is 6.74. The lowest BCUT2D eigenvalue weighted by molar-refractivity contribution is 1.36. The van der Waals surface area contributed by atoms with Crippen LogP contribution in [0, 0.1) is 6.92 Å². The van der Waals surface area contributed by atoms with Crippen molar-refractivity contribution in [3.8, 4) is 0 Å². The van der Waals surface area contributed by atoms with Crippen molar-refractivity contribution in [3.05, 3.63) is 35.0 Å². The van der Waals surface area contributed by atoms with Crippen LogP contribution in [0.25, 0.3) is 10.9 Å². The van der Waals surface area contributed by atoms with E-state index >= 15 is 0 Å². The fourth-order valence-corrected chi connectivity index (χ4v) is 1.81. The van der Waals surface area contributed by atoms with Crippen molar-refractivity contribution in [1.29, 1.82) is 0 Å². The number of anilines is 1. The van der Waals surface area contributed by atoms with Crippen LogP contribution in [0.2, 0.25) is 5.02 Å². The minimum absolute atomic E-state index is 0.697. The molecule has 0 aliphatic carbocycles. The molecule has 1 aromatic heterocycles. The molecule has 0 radical (unpaired) electrons. The van der Waals surface area contributed by atoms with Gasteiger partial charge in [-0.15, -0.1) is 0 Å². The number of nitrogens with one attached hydrogen (secondary N) is 1. The fourth-order valence-electron chi connectivity index (χ4n) is 1.61. The maximum absolute atomic E-state index is 6.07. The molecule has 0 aliphatic heterocycles. The Morgan fingerprint density at radius 3 is 2.79 bits per heavy atom. The average molecular weight is 207 g/mol. The lowest BCUT2D eigenvalue weighted by Gasteiger charge is -2.08. The molecule has 2 rings (SSSR count). The van der Waals surface area contributed by atoms with Gasteiger partial charge in [0, 0.05) is 24.3 Å². The predicted octanol–water partition coefficient (Wildman–Crippen LogP) is 3.24. The van der Waals surface area contributed by atoms with Gasteiger partial charge in [-0.1, -0.05) is 11.6 Å². The van der Waals surface area contributed by atoms with Crippen molar-refractivity contribution >= 4 is 28.2 Å². The summed E-state index contributed by atoms with van der Waals surface area (Å²) in [6, 6.07) is 5.82. The number of pyridine rings is 1. The number of nitrogens with zero attached hydrogens (tertiary/aromatic N) is 1. The third kappa shape index (κ3) is 1.32. The Morgan fingerprint density at radius 2 is 2.07 bits per heavy atom.